The Morgan fingerprint density at radius 3 is 1.21 bits per heavy atom. The van der Waals surface area contributed by atoms with Gasteiger partial charge in [-0.15, -0.1) is 0 Å². The van der Waals surface area contributed by atoms with Gasteiger partial charge in [0.25, 0.3) is 0 Å². The minimum Gasteiger partial charge on any atom is -0.480 e. The highest BCUT2D eigenvalue weighted by Gasteiger charge is 2.29. The predicted molar refractivity (Wildman–Crippen MR) is 190 cm³/mol. The quantitative estimate of drug-likeness (QED) is 0.194. The minimum atomic E-state index is -0.424. The van der Waals surface area contributed by atoms with E-state index in [0.29, 0.717) is 0 Å². The van der Waals surface area contributed by atoms with E-state index in [2.05, 4.69) is 72.8 Å². The maximum Gasteiger partial charge on any atom is 0.149 e. The van der Waals surface area contributed by atoms with E-state index in [-0.39, 0.29) is 11.6 Å². The van der Waals surface area contributed by atoms with Gasteiger partial charge in [0.15, 0.2) is 0 Å². The summed E-state index contributed by atoms with van der Waals surface area (Å²) in [7, 11) is 0. The van der Waals surface area contributed by atoms with Crippen LogP contribution in [0.5, 0.6) is 11.5 Å². The molecule has 0 saturated heterocycles. The monoisotopic (exact) mass is 626 g/mol. The van der Waals surface area contributed by atoms with Gasteiger partial charge in [-0.05, 0) is 92.3 Å². The van der Waals surface area contributed by atoms with Gasteiger partial charge in [0.05, 0.1) is 0 Å². The average molecular weight is 627 g/mol. The maximum atomic E-state index is 14.0. The molecule has 0 N–H and O–H groups in total. The third-order valence-corrected chi connectivity index (χ3v) is 9.41. The van der Waals surface area contributed by atoms with Crippen molar-refractivity contribution in [1.82, 2.24) is 0 Å². The zero-order valence-electron chi connectivity index (χ0n) is 25.7. The van der Waals surface area contributed by atoms with Gasteiger partial charge in [0.1, 0.15) is 35.3 Å². The summed E-state index contributed by atoms with van der Waals surface area (Å²) in [5, 5.41) is 4.49. The van der Waals surface area contributed by atoms with E-state index in [9.17, 15) is 8.78 Å². The standard InChI is InChI=1S/C44H28F2O2/c45-33-19-13-31(14-20-33)43-37(25-39-35-7-3-1-5-27(35)17-23-41(39)47-43)29-9-11-30(12-10-29)38-26-40-36-8-4-2-6-28(36)18-24-42(40)48-44(38)32-15-21-34(46)22-16-32/h1-26,43-44H. The van der Waals surface area contributed by atoms with Gasteiger partial charge in [-0.3, -0.25) is 0 Å². The average Bonchev–Trinajstić information content (AvgIpc) is 3.14. The fraction of sp³-hybridized carbons (Fsp3) is 0.0455. The fourth-order valence-corrected chi connectivity index (χ4v) is 6.99. The van der Waals surface area contributed by atoms with Gasteiger partial charge in [0.2, 0.25) is 0 Å². The first-order chi connectivity index (χ1) is 23.6. The van der Waals surface area contributed by atoms with E-state index in [4.69, 9.17) is 9.47 Å². The van der Waals surface area contributed by atoms with Crippen LogP contribution in [0.3, 0.4) is 0 Å². The molecule has 0 saturated carbocycles. The summed E-state index contributed by atoms with van der Waals surface area (Å²) < 4.78 is 41.3. The Kier molecular flexibility index (Phi) is 6.68. The summed E-state index contributed by atoms with van der Waals surface area (Å²) >= 11 is 0. The molecule has 2 atom stereocenters. The van der Waals surface area contributed by atoms with E-state index < -0.39 is 12.2 Å². The van der Waals surface area contributed by atoms with Gasteiger partial charge in [-0.25, -0.2) is 8.78 Å². The smallest absolute Gasteiger partial charge is 0.149 e. The van der Waals surface area contributed by atoms with Crippen molar-refractivity contribution in [3.63, 3.8) is 0 Å². The molecule has 2 aliphatic heterocycles. The maximum absolute atomic E-state index is 14.0. The first-order valence-corrected chi connectivity index (χ1v) is 16.0. The Labute approximate surface area is 276 Å². The fourth-order valence-electron chi connectivity index (χ4n) is 6.99. The molecule has 230 valence electrons. The summed E-state index contributed by atoms with van der Waals surface area (Å²) in [6.07, 6.45) is 3.56. The lowest BCUT2D eigenvalue weighted by Gasteiger charge is -2.30. The topological polar surface area (TPSA) is 18.5 Å². The van der Waals surface area contributed by atoms with Crippen molar-refractivity contribution in [1.29, 1.82) is 0 Å². The second-order valence-corrected chi connectivity index (χ2v) is 12.3. The van der Waals surface area contributed by atoms with Gasteiger partial charge in [-0.1, -0.05) is 109 Å². The summed E-state index contributed by atoms with van der Waals surface area (Å²) in [6, 6.07) is 46.2. The molecule has 9 rings (SSSR count). The van der Waals surface area contributed by atoms with Crippen LogP contribution in [0.4, 0.5) is 8.78 Å². The summed E-state index contributed by atoms with van der Waals surface area (Å²) in [5.74, 6) is 1.01. The van der Waals surface area contributed by atoms with E-state index in [0.717, 1.165) is 77.6 Å². The molecule has 4 heteroatoms. The summed E-state index contributed by atoms with van der Waals surface area (Å²) in [4.78, 5) is 0. The highest BCUT2D eigenvalue weighted by molar-refractivity contribution is 6.01. The lowest BCUT2D eigenvalue weighted by atomic mass is 9.86. The second kappa shape index (κ2) is 11.4. The zero-order valence-corrected chi connectivity index (χ0v) is 25.7. The molecule has 7 aromatic rings. The molecule has 2 heterocycles. The largest absolute Gasteiger partial charge is 0.480 e. The van der Waals surface area contributed by atoms with Crippen molar-refractivity contribution in [3.05, 3.63) is 191 Å². The Hall–Kier alpha value is -6.00. The molecule has 2 unspecified atom stereocenters. The summed E-state index contributed by atoms with van der Waals surface area (Å²) in [6.45, 7) is 0. The Morgan fingerprint density at radius 1 is 0.396 bits per heavy atom. The molecule has 7 aromatic carbocycles. The SMILES string of the molecule is Fc1ccc(C2Oc3ccc4ccccc4c3C=C2c2ccc(C3=Cc4c(ccc5ccccc45)OC3c3ccc(F)cc3)cc2)cc1. The lowest BCUT2D eigenvalue weighted by Crippen LogP contribution is -2.15. The highest BCUT2D eigenvalue weighted by Crippen LogP contribution is 2.47. The number of fused-ring (bicyclic) bond motifs is 6. The van der Waals surface area contributed by atoms with Crippen LogP contribution in [0.2, 0.25) is 0 Å². The molecule has 0 spiro atoms. The minimum absolute atomic E-state index is 0.288. The molecule has 0 aliphatic carbocycles. The van der Waals surface area contributed by atoms with Gasteiger partial charge in [-0.2, -0.15) is 0 Å². The van der Waals surface area contributed by atoms with Crippen molar-refractivity contribution in [2.75, 3.05) is 0 Å². The Bertz CT molecular complexity index is 2230. The first-order valence-electron chi connectivity index (χ1n) is 16.0. The van der Waals surface area contributed by atoms with Gasteiger partial charge >= 0.3 is 0 Å². The van der Waals surface area contributed by atoms with Crippen LogP contribution in [-0.2, 0) is 0 Å². The number of benzene rings is 7. The van der Waals surface area contributed by atoms with E-state index in [1.54, 1.807) is 24.3 Å². The van der Waals surface area contributed by atoms with Crippen LogP contribution >= 0.6 is 0 Å². The van der Waals surface area contributed by atoms with Crippen LogP contribution in [0.15, 0.2) is 146 Å². The number of rotatable bonds is 4. The van der Waals surface area contributed by atoms with Crippen LogP contribution in [0.1, 0.15) is 45.6 Å². The molecule has 0 aromatic heterocycles. The molecule has 0 fully saturated rings. The normalized spacial score (nSPS) is 16.7. The lowest BCUT2D eigenvalue weighted by molar-refractivity contribution is 0.261. The van der Waals surface area contributed by atoms with Gasteiger partial charge in [0, 0.05) is 22.3 Å². The number of hydrogen-bond donors (Lipinski definition) is 0. The van der Waals surface area contributed by atoms with E-state index in [1.165, 1.54) is 24.3 Å². The van der Waals surface area contributed by atoms with Crippen LogP contribution in [0.25, 0.3) is 44.8 Å². The van der Waals surface area contributed by atoms with Crippen molar-refractivity contribution >= 4 is 44.8 Å². The molecular formula is C44H28F2O2. The molecule has 2 aliphatic rings. The van der Waals surface area contributed by atoms with E-state index in [1.807, 2.05) is 36.4 Å². The molecule has 0 amide bonds. The van der Waals surface area contributed by atoms with Crippen molar-refractivity contribution in [2.45, 2.75) is 12.2 Å². The van der Waals surface area contributed by atoms with E-state index >= 15 is 0 Å². The highest BCUT2D eigenvalue weighted by atomic mass is 19.1. The molecule has 0 bridgehead atoms. The molecule has 0 radical (unpaired) electrons. The third-order valence-electron chi connectivity index (χ3n) is 9.41. The van der Waals surface area contributed by atoms with Gasteiger partial charge < -0.3 is 9.47 Å². The van der Waals surface area contributed by atoms with Crippen LogP contribution in [0, 0.1) is 11.6 Å². The van der Waals surface area contributed by atoms with Crippen molar-refractivity contribution < 1.29 is 18.3 Å². The number of ether oxygens (including phenoxy) is 2. The molecule has 48 heavy (non-hydrogen) atoms. The van der Waals surface area contributed by atoms with Crippen LogP contribution < -0.4 is 9.47 Å². The summed E-state index contributed by atoms with van der Waals surface area (Å²) in [5.41, 5.74) is 7.74. The second-order valence-electron chi connectivity index (χ2n) is 12.3. The van der Waals surface area contributed by atoms with Crippen molar-refractivity contribution in [2.24, 2.45) is 0 Å². The Balaban J connectivity index is 1.18. The zero-order chi connectivity index (χ0) is 32.2. The first kappa shape index (κ1) is 28.2. The third kappa shape index (κ3) is 4.85. The predicted octanol–water partition coefficient (Wildman–Crippen LogP) is 11.6. The number of hydrogen-bond acceptors (Lipinski definition) is 2. The van der Waals surface area contributed by atoms with Crippen LogP contribution in [-0.4, -0.2) is 0 Å². The molecular weight excluding hydrogens is 598 g/mol. The molecule has 2 nitrogen and oxygen atoms in total. The number of halogens is 2. The Morgan fingerprint density at radius 2 is 0.792 bits per heavy atom. The van der Waals surface area contributed by atoms with Crippen molar-refractivity contribution in [3.8, 4) is 11.5 Å².